The van der Waals surface area contributed by atoms with Crippen molar-refractivity contribution in [3.05, 3.63) is 35.4 Å². The van der Waals surface area contributed by atoms with Crippen LogP contribution >= 0.6 is 12.6 Å². The van der Waals surface area contributed by atoms with Crippen LogP contribution in [-0.2, 0) is 0 Å². The summed E-state index contributed by atoms with van der Waals surface area (Å²) in [7, 11) is 0. The molecule has 0 N–H and O–H groups in total. The molecule has 1 rings (SSSR count). The molecule has 1 aromatic carbocycles. The maximum atomic E-state index is 12.8. The summed E-state index contributed by atoms with van der Waals surface area (Å²) in [6.07, 6.45) is 0.869. The molecule has 1 unspecified atom stereocenters. The summed E-state index contributed by atoms with van der Waals surface area (Å²) < 4.78 is 25.3. The Kier molecular flexibility index (Phi) is 3.72. The van der Waals surface area contributed by atoms with E-state index in [4.69, 9.17) is 0 Å². The molecule has 1 aromatic rings. The number of hydrogen-bond acceptors (Lipinski definition) is 1. The second kappa shape index (κ2) is 4.61. The molecule has 13 heavy (non-hydrogen) atoms. The van der Waals surface area contributed by atoms with E-state index in [1.165, 1.54) is 12.1 Å². The molecule has 0 nitrogen and oxygen atoms in total. The van der Waals surface area contributed by atoms with E-state index in [0.717, 1.165) is 17.7 Å². The van der Waals surface area contributed by atoms with Crippen LogP contribution in [0.4, 0.5) is 8.78 Å². The highest BCUT2D eigenvalue weighted by Crippen LogP contribution is 2.21. The Hall–Kier alpha value is -0.570. The summed E-state index contributed by atoms with van der Waals surface area (Å²) >= 11 is 4.09. The molecule has 0 fully saturated rings. The SMILES string of the molecule is CC(CCS)c1ccc(F)c(F)c1. The lowest BCUT2D eigenvalue weighted by Crippen LogP contribution is -1.96. The van der Waals surface area contributed by atoms with Gasteiger partial charge in [0.25, 0.3) is 0 Å². The van der Waals surface area contributed by atoms with Crippen LogP contribution in [0.25, 0.3) is 0 Å². The van der Waals surface area contributed by atoms with Gasteiger partial charge in [-0.25, -0.2) is 8.78 Å². The third-order valence-electron chi connectivity index (χ3n) is 2.07. The standard InChI is InChI=1S/C10H12F2S/c1-7(4-5-13)8-2-3-9(11)10(12)6-8/h2-3,6-7,13H,4-5H2,1H3. The molecule has 0 heterocycles. The average Bonchev–Trinajstić information content (AvgIpc) is 2.10. The summed E-state index contributed by atoms with van der Waals surface area (Å²) in [5.41, 5.74) is 0.827. The van der Waals surface area contributed by atoms with Crippen LogP contribution in [0.5, 0.6) is 0 Å². The number of hydrogen-bond donors (Lipinski definition) is 1. The Morgan fingerprint density at radius 1 is 1.31 bits per heavy atom. The average molecular weight is 202 g/mol. The van der Waals surface area contributed by atoms with Crippen LogP contribution in [0, 0.1) is 11.6 Å². The Morgan fingerprint density at radius 2 is 2.00 bits per heavy atom. The Balaban J connectivity index is 2.84. The summed E-state index contributed by atoms with van der Waals surface area (Å²) in [5, 5.41) is 0. The first-order valence-electron chi connectivity index (χ1n) is 4.21. The minimum atomic E-state index is -0.790. The van der Waals surface area contributed by atoms with Gasteiger partial charge in [-0.15, -0.1) is 0 Å². The zero-order valence-corrected chi connectivity index (χ0v) is 8.32. The van der Waals surface area contributed by atoms with Crippen LogP contribution in [0.1, 0.15) is 24.8 Å². The summed E-state index contributed by atoms with van der Waals surface area (Å²) in [6.45, 7) is 1.98. The van der Waals surface area contributed by atoms with Crippen LogP contribution in [0.15, 0.2) is 18.2 Å². The molecular formula is C10H12F2S. The van der Waals surface area contributed by atoms with E-state index in [2.05, 4.69) is 12.6 Å². The Morgan fingerprint density at radius 3 is 2.54 bits per heavy atom. The molecule has 0 radical (unpaired) electrons. The van der Waals surface area contributed by atoms with Crippen molar-refractivity contribution in [2.24, 2.45) is 0 Å². The van der Waals surface area contributed by atoms with Crippen molar-refractivity contribution in [2.75, 3.05) is 5.75 Å². The normalized spacial score (nSPS) is 12.9. The van der Waals surface area contributed by atoms with Crippen molar-refractivity contribution < 1.29 is 8.78 Å². The van der Waals surface area contributed by atoms with E-state index in [9.17, 15) is 8.78 Å². The Labute approximate surface area is 82.4 Å². The van der Waals surface area contributed by atoms with Crippen molar-refractivity contribution in [1.82, 2.24) is 0 Å². The molecule has 0 aliphatic carbocycles. The van der Waals surface area contributed by atoms with E-state index < -0.39 is 11.6 Å². The summed E-state index contributed by atoms with van der Waals surface area (Å²) in [4.78, 5) is 0. The summed E-state index contributed by atoms with van der Waals surface area (Å²) in [5.74, 6) is -0.585. The minimum absolute atomic E-state index is 0.229. The summed E-state index contributed by atoms with van der Waals surface area (Å²) in [6, 6.07) is 4.04. The van der Waals surface area contributed by atoms with E-state index in [-0.39, 0.29) is 5.92 Å². The predicted octanol–water partition coefficient (Wildman–Crippen LogP) is 3.39. The van der Waals surface area contributed by atoms with Gasteiger partial charge in [0.2, 0.25) is 0 Å². The van der Waals surface area contributed by atoms with E-state index in [1.54, 1.807) is 6.07 Å². The van der Waals surface area contributed by atoms with Crippen molar-refractivity contribution in [1.29, 1.82) is 0 Å². The maximum absolute atomic E-state index is 12.8. The maximum Gasteiger partial charge on any atom is 0.159 e. The molecule has 0 aliphatic rings. The zero-order valence-electron chi connectivity index (χ0n) is 7.43. The highest BCUT2D eigenvalue weighted by molar-refractivity contribution is 7.80. The second-order valence-electron chi connectivity index (χ2n) is 3.09. The molecule has 0 amide bonds. The van der Waals surface area contributed by atoms with Crippen molar-refractivity contribution in [3.63, 3.8) is 0 Å². The van der Waals surface area contributed by atoms with Gasteiger partial charge in [0, 0.05) is 0 Å². The van der Waals surface area contributed by atoms with Gasteiger partial charge in [0.05, 0.1) is 0 Å². The van der Waals surface area contributed by atoms with Crippen LogP contribution in [-0.4, -0.2) is 5.75 Å². The fraction of sp³-hybridized carbons (Fsp3) is 0.400. The van der Waals surface area contributed by atoms with Crippen LogP contribution in [0.3, 0.4) is 0 Å². The van der Waals surface area contributed by atoms with Gasteiger partial charge in [-0.3, -0.25) is 0 Å². The smallest absolute Gasteiger partial charge is 0.159 e. The first kappa shape index (κ1) is 10.5. The molecule has 0 bridgehead atoms. The lowest BCUT2D eigenvalue weighted by atomic mass is 9.99. The largest absolute Gasteiger partial charge is 0.204 e. The van der Waals surface area contributed by atoms with Gasteiger partial charge >= 0.3 is 0 Å². The van der Waals surface area contributed by atoms with Crippen LogP contribution < -0.4 is 0 Å². The molecule has 0 aromatic heterocycles. The van der Waals surface area contributed by atoms with Crippen LogP contribution in [0.2, 0.25) is 0 Å². The highest BCUT2D eigenvalue weighted by atomic mass is 32.1. The quantitative estimate of drug-likeness (QED) is 0.714. The number of halogens is 2. The lowest BCUT2D eigenvalue weighted by Gasteiger charge is -2.09. The molecule has 0 spiro atoms. The monoisotopic (exact) mass is 202 g/mol. The fourth-order valence-electron chi connectivity index (χ4n) is 1.18. The van der Waals surface area contributed by atoms with Crippen molar-refractivity contribution >= 4 is 12.6 Å². The zero-order chi connectivity index (χ0) is 9.84. The van der Waals surface area contributed by atoms with E-state index in [0.29, 0.717) is 0 Å². The molecule has 0 saturated carbocycles. The van der Waals surface area contributed by atoms with Gasteiger partial charge in [-0.05, 0) is 35.8 Å². The Bertz CT molecular complexity index is 286. The van der Waals surface area contributed by atoms with Gasteiger partial charge in [-0.2, -0.15) is 12.6 Å². The lowest BCUT2D eigenvalue weighted by molar-refractivity contribution is 0.505. The highest BCUT2D eigenvalue weighted by Gasteiger charge is 2.07. The molecular weight excluding hydrogens is 190 g/mol. The molecule has 1 atom stereocenters. The molecule has 0 aliphatic heterocycles. The van der Waals surface area contributed by atoms with Crippen molar-refractivity contribution in [2.45, 2.75) is 19.3 Å². The molecule has 3 heteroatoms. The molecule has 72 valence electrons. The first-order valence-corrected chi connectivity index (χ1v) is 4.84. The van der Waals surface area contributed by atoms with Crippen molar-refractivity contribution in [3.8, 4) is 0 Å². The molecule has 0 saturated heterocycles. The number of benzene rings is 1. The van der Waals surface area contributed by atoms with Gasteiger partial charge in [0.1, 0.15) is 0 Å². The fourth-order valence-corrected chi connectivity index (χ4v) is 1.57. The van der Waals surface area contributed by atoms with E-state index >= 15 is 0 Å². The minimum Gasteiger partial charge on any atom is -0.204 e. The predicted molar refractivity (Wildman–Crippen MR) is 53.2 cm³/mol. The third kappa shape index (κ3) is 2.69. The first-order chi connectivity index (χ1) is 6.15. The van der Waals surface area contributed by atoms with E-state index in [1.807, 2.05) is 6.92 Å². The number of thiol groups is 1. The van der Waals surface area contributed by atoms with Gasteiger partial charge in [-0.1, -0.05) is 13.0 Å². The second-order valence-corrected chi connectivity index (χ2v) is 3.53. The van der Waals surface area contributed by atoms with Gasteiger partial charge < -0.3 is 0 Å². The topological polar surface area (TPSA) is 0 Å². The van der Waals surface area contributed by atoms with Gasteiger partial charge in [0.15, 0.2) is 11.6 Å². The number of rotatable bonds is 3. The third-order valence-corrected chi connectivity index (χ3v) is 2.33.